The molecule has 0 aliphatic carbocycles. The van der Waals surface area contributed by atoms with Crippen LogP contribution in [0.5, 0.6) is 0 Å². The summed E-state index contributed by atoms with van der Waals surface area (Å²) >= 11 is 0. The van der Waals surface area contributed by atoms with E-state index in [1.165, 1.54) is 0 Å². The van der Waals surface area contributed by atoms with Crippen LogP contribution in [0.25, 0.3) is 0 Å². The monoisotopic (exact) mass is 278 g/mol. The largest absolute Gasteiger partial charge is 0.388 e. The number of aryl methyl sites for hydroxylation is 1. The zero-order valence-corrected chi connectivity index (χ0v) is 12.3. The lowest BCUT2D eigenvalue weighted by molar-refractivity contribution is -0.0386. The number of aromatic nitrogens is 2. The molecule has 2 aliphatic heterocycles. The summed E-state index contributed by atoms with van der Waals surface area (Å²) in [5, 5.41) is 13.5. The number of nitrogens with one attached hydrogen (secondary N) is 1. The average Bonchev–Trinajstić information content (AvgIpc) is 2.95. The van der Waals surface area contributed by atoms with Crippen molar-refractivity contribution in [3.8, 4) is 0 Å². The first-order chi connectivity index (χ1) is 9.54. The third-order valence-electron chi connectivity index (χ3n) is 3.76. The average molecular weight is 278 g/mol. The van der Waals surface area contributed by atoms with E-state index in [1.54, 1.807) is 0 Å². The van der Waals surface area contributed by atoms with Gasteiger partial charge in [-0.25, -0.2) is 9.97 Å². The molecule has 0 radical (unpaired) electrons. The molecule has 1 aromatic rings. The van der Waals surface area contributed by atoms with Crippen LogP contribution in [0, 0.1) is 6.92 Å². The molecule has 6 heteroatoms. The Kier molecular flexibility index (Phi) is 3.62. The third kappa shape index (κ3) is 2.51. The molecule has 0 saturated carbocycles. The number of hydrogen-bond donors (Lipinski definition) is 2. The Hall–Kier alpha value is -1.24. The normalized spacial score (nSPS) is 25.6. The smallest absolute Gasteiger partial charge is 0.137 e. The molecule has 20 heavy (non-hydrogen) atoms. The standard InChI is InChI=1S/C14H22N4O2/c1-8(2)20-13-7-18(6-12(13)19)14-10-4-15-5-11(10)16-9(3)17-14/h8,12-13,15,19H,4-7H2,1-3H3/t12-,13-/m0/s1. The Morgan fingerprint density at radius 2 is 2.10 bits per heavy atom. The van der Waals surface area contributed by atoms with E-state index in [4.69, 9.17) is 4.74 Å². The zero-order chi connectivity index (χ0) is 14.3. The maximum absolute atomic E-state index is 10.2. The molecule has 3 rings (SSSR count). The highest BCUT2D eigenvalue weighted by Gasteiger charge is 2.35. The van der Waals surface area contributed by atoms with E-state index >= 15 is 0 Å². The highest BCUT2D eigenvalue weighted by atomic mass is 16.5. The minimum absolute atomic E-state index is 0.120. The molecule has 6 nitrogen and oxygen atoms in total. The predicted molar refractivity (Wildman–Crippen MR) is 75.5 cm³/mol. The molecule has 0 amide bonds. The van der Waals surface area contributed by atoms with Gasteiger partial charge >= 0.3 is 0 Å². The first-order valence-corrected chi connectivity index (χ1v) is 7.20. The van der Waals surface area contributed by atoms with Crippen LogP contribution in [0.1, 0.15) is 30.9 Å². The van der Waals surface area contributed by atoms with E-state index in [2.05, 4.69) is 20.2 Å². The van der Waals surface area contributed by atoms with Crippen molar-refractivity contribution in [2.24, 2.45) is 0 Å². The third-order valence-corrected chi connectivity index (χ3v) is 3.76. The number of ether oxygens (including phenoxy) is 1. The summed E-state index contributed by atoms with van der Waals surface area (Å²) in [5.41, 5.74) is 2.24. The van der Waals surface area contributed by atoms with Gasteiger partial charge in [0.2, 0.25) is 0 Å². The number of fused-ring (bicyclic) bond motifs is 1. The number of aliphatic hydroxyl groups excluding tert-OH is 1. The summed E-state index contributed by atoms with van der Waals surface area (Å²) in [6.07, 6.45) is -0.484. The molecule has 2 atom stereocenters. The van der Waals surface area contributed by atoms with Crippen LogP contribution in [0.3, 0.4) is 0 Å². The molecule has 2 aliphatic rings. The van der Waals surface area contributed by atoms with Crippen molar-refractivity contribution in [3.63, 3.8) is 0 Å². The second-order valence-corrected chi connectivity index (χ2v) is 5.82. The van der Waals surface area contributed by atoms with Crippen molar-refractivity contribution >= 4 is 5.82 Å². The molecular formula is C14H22N4O2. The number of aliphatic hydroxyl groups is 1. The summed E-state index contributed by atoms with van der Waals surface area (Å²) in [7, 11) is 0. The number of rotatable bonds is 3. The fourth-order valence-electron chi connectivity index (χ4n) is 2.95. The van der Waals surface area contributed by atoms with Gasteiger partial charge in [0, 0.05) is 31.7 Å². The maximum Gasteiger partial charge on any atom is 0.137 e. The Morgan fingerprint density at radius 1 is 1.30 bits per heavy atom. The summed E-state index contributed by atoms with van der Waals surface area (Å²) in [4.78, 5) is 11.2. The molecule has 1 fully saturated rings. The van der Waals surface area contributed by atoms with Crippen LogP contribution in [-0.2, 0) is 17.8 Å². The summed E-state index contributed by atoms with van der Waals surface area (Å²) < 4.78 is 5.77. The van der Waals surface area contributed by atoms with Gasteiger partial charge in [-0.05, 0) is 20.8 Å². The van der Waals surface area contributed by atoms with E-state index in [0.717, 1.165) is 36.0 Å². The van der Waals surface area contributed by atoms with E-state index < -0.39 is 6.10 Å². The Balaban J connectivity index is 1.84. The molecule has 110 valence electrons. The summed E-state index contributed by atoms with van der Waals surface area (Å²) in [6, 6.07) is 0. The van der Waals surface area contributed by atoms with Gasteiger partial charge in [0.05, 0.1) is 17.9 Å². The molecule has 0 bridgehead atoms. The van der Waals surface area contributed by atoms with Crippen molar-refractivity contribution in [2.45, 2.75) is 52.2 Å². The Labute approximate surface area is 119 Å². The first kappa shape index (κ1) is 13.7. The van der Waals surface area contributed by atoms with E-state index in [9.17, 15) is 5.11 Å². The van der Waals surface area contributed by atoms with Crippen LogP contribution in [0.15, 0.2) is 0 Å². The van der Waals surface area contributed by atoms with Gasteiger partial charge in [0.25, 0.3) is 0 Å². The van der Waals surface area contributed by atoms with E-state index in [1.807, 2.05) is 20.8 Å². The van der Waals surface area contributed by atoms with Crippen molar-refractivity contribution in [3.05, 3.63) is 17.1 Å². The van der Waals surface area contributed by atoms with E-state index in [0.29, 0.717) is 13.1 Å². The molecule has 1 saturated heterocycles. The lowest BCUT2D eigenvalue weighted by atomic mass is 10.2. The van der Waals surface area contributed by atoms with Crippen LogP contribution < -0.4 is 10.2 Å². The molecule has 0 unspecified atom stereocenters. The van der Waals surface area contributed by atoms with Crippen LogP contribution in [0.2, 0.25) is 0 Å². The Bertz CT molecular complexity index is 506. The van der Waals surface area contributed by atoms with Gasteiger partial charge < -0.3 is 20.1 Å². The zero-order valence-electron chi connectivity index (χ0n) is 12.3. The maximum atomic E-state index is 10.2. The molecule has 0 spiro atoms. The van der Waals surface area contributed by atoms with Crippen LogP contribution >= 0.6 is 0 Å². The number of anilines is 1. The number of nitrogens with zero attached hydrogens (tertiary/aromatic N) is 3. The van der Waals surface area contributed by atoms with Crippen molar-refractivity contribution in [2.75, 3.05) is 18.0 Å². The summed E-state index contributed by atoms with van der Waals surface area (Å²) in [6.45, 7) is 8.75. The van der Waals surface area contributed by atoms with E-state index in [-0.39, 0.29) is 12.2 Å². The van der Waals surface area contributed by atoms with Gasteiger partial charge in [-0.3, -0.25) is 0 Å². The molecular weight excluding hydrogens is 256 g/mol. The predicted octanol–water partition coefficient (Wildman–Crippen LogP) is 0.363. The lowest BCUT2D eigenvalue weighted by Crippen LogP contribution is -2.29. The molecule has 2 N–H and O–H groups in total. The van der Waals surface area contributed by atoms with Crippen molar-refractivity contribution in [1.29, 1.82) is 0 Å². The molecule has 0 aromatic carbocycles. The highest BCUT2D eigenvalue weighted by Crippen LogP contribution is 2.28. The Morgan fingerprint density at radius 3 is 2.85 bits per heavy atom. The molecule has 1 aromatic heterocycles. The van der Waals surface area contributed by atoms with Crippen molar-refractivity contribution in [1.82, 2.24) is 15.3 Å². The van der Waals surface area contributed by atoms with Crippen molar-refractivity contribution < 1.29 is 9.84 Å². The van der Waals surface area contributed by atoms with Gasteiger partial charge in [-0.2, -0.15) is 0 Å². The minimum Gasteiger partial charge on any atom is -0.388 e. The first-order valence-electron chi connectivity index (χ1n) is 7.20. The highest BCUT2D eigenvalue weighted by molar-refractivity contribution is 5.52. The fourth-order valence-corrected chi connectivity index (χ4v) is 2.95. The van der Waals surface area contributed by atoms with Crippen LogP contribution in [-0.4, -0.2) is 46.5 Å². The van der Waals surface area contributed by atoms with Gasteiger partial charge in [-0.1, -0.05) is 0 Å². The van der Waals surface area contributed by atoms with Gasteiger partial charge in [0.15, 0.2) is 0 Å². The second-order valence-electron chi connectivity index (χ2n) is 5.82. The van der Waals surface area contributed by atoms with Crippen LogP contribution in [0.4, 0.5) is 5.82 Å². The van der Waals surface area contributed by atoms with Gasteiger partial charge in [0.1, 0.15) is 17.7 Å². The topological polar surface area (TPSA) is 70.5 Å². The second kappa shape index (κ2) is 5.27. The quantitative estimate of drug-likeness (QED) is 0.832. The summed E-state index contributed by atoms with van der Waals surface area (Å²) in [5.74, 6) is 1.73. The number of hydrogen-bond acceptors (Lipinski definition) is 6. The number of β-amino-alcohol motifs (C(OH)–C–C–N with tert-alkyl or cyclic N) is 1. The lowest BCUT2D eigenvalue weighted by Gasteiger charge is -2.21. The minimum atomic E-state index is -0.460. The SMILES string of the molecule is Cc1nc2c(c(N3C[C@H](OC(C)C)[C@@H](O)C3)n1)CNC2. The molecule has 3 heterocycles. The fraction of sp³-hybridized carbons (Fsp3) is 0.714. The van der Waals surface area contributed by atoms with Gasteiger partial charge in [-0.15, -0.1) is 0 Å².